The number of nitrogens with zero attached hydrogens (tertiary/aromatic N) is 2. The van der Waals surface area contributed by atoms with Crippen LogP contribution >= 0.6 is 0 Å². The molecule has 0 saturated carbocycles. The van der Waals surface area contributed by atoms with Gasteiger partial charge in [-0.2, -0.15) is 5.10 Å². The molecule has 6 nitrogen and oxygen atoms in total. The van der Waals surface area contributed by atoms with Crippen molar-refractivity contribution < 1.29 is 9.59 Å². The van der Waals surface area contributed by atoms with E-state index in [0.717, 1.165) is 26.1 Å². The first-order valence-electron chi connectivity index (χ1n) is 6.09. The fourth-order valence-electron chi connectivity index (χ4n) is 1.98. The second-order valence-corrected chi connectivity index (χ2v) is 4.40. The minimum atomic E-state index is -0.117. The van der Waals surface area contributed by atoms with Gasteiger partial charge in [-0.15, -0.1) is 0 Å². The van der Waals surface area contributed by atoms with E-state index < -0.39 is 0 Å². The molecule has 2 rings (SSSR count). The van der Waals surface area contributed by atoms with Crippen molar-refractivity contribution in [1.82, 2.24) is 15.6 Å². The molecule has 2 aliphatic heterocycles. The van der Waals surface area contributed by atoms with Gasteiger partial charge in [0, 0.05) is 32.5 Å². The number of carbonyl (C=O) groups is 2. The van der Waals surface area contributed by atoms with Crippen LogP contribution in [0.4, 0.5) is 0 Å². The lowest BCUT2D eigenvalue weighted by Crippen LogP contribution is -2.60. The summed E-state index contributed by atoms with van der Waals surface area (Å²) in [5, 5.41) is 7.02. The van der Waals surface area contributed by atoms with Crippen LogP contribution in [0.1, 0.15) is 26.2 Å². The van der Waals surface area contributed by atoms with Gasteiger partial charge in [-0.05, 0) is 6.42 Å². The van der Waals surface area contributed by atoms with Crippen molar-refractivity contribution in [2.24, 2.45) is 5.10 Å². The average Bonchev–Trinajstić information content (AvgIpc) is 2.26. The maximum atomic E-state index is 12.2. The smallest absolute Gasteiger partial charge is 0.270 e. The monoisotopic (exact) mass is 238 g/mol. The second kappa shape index (κ2) is 5.27. The number of carbonyl (C=O) groups excluding carboxylic acids is 2. The zero-order valence-electron chi connectivity index (χ0n) is 10.0. The Kier molecular flexibility index (Phi) is 3.73. The average molecular weight is 238 g/mol. The Labute approximate surface area is 100 Å². The lowest BCUT2D eigenvalue weighted by Gasteiger charge is -2.38. The van der Waals surface area contributed by atoms with Crippen molar-refractivity contribution in [3.8, 4) is 0 Å². The number of hydrogen-bond acceptors (Lipinski definition) is 4. The van der Waals surface area contributed by atoms with Crippen molar-refractivity contribution in [2.45, 2.75) is 32.2 Å². The molecule has 6 heteroatoms. The Balaban J connectivity index is 2.02. The summed E-state index contributed by atoms with van der Waals surface area (Å²) in [7, 11) is 0. The summed E-state index contributed by atoms with van der Waals surface area (Å²) >= 11 is 0. The Hall–Kier alpha value is -1.43. The highest BCUT2D eigenvalue weighted by Crippen LogP contribution is 2.10. The summed E-state index contributed by atoms with van der Waals surface area (Å²) in [6.45, 7) is 4.51. The van der Waals surface area contributed by atoms with E-state index in [0.29, 0.717) is 18.6 Å². The maximum Gasteiger partial charge on any atom is 0.270 e. The molecule has 0 aromatic carbocycles. The molecular formula is C11H18N4O2. The normalized spacial score (nSPS) is 20.3. The minimum absolute atomic E-state index is 0.0293. The van der Waals surface area contributed by atoms with Crippen LogP contribution in [0.2, 0.25) is 0 Å². The quantitative estimate of drug-likeness (QED) is 0.691. The first-order chi connectivity index (χ1) is 8.22. The summed E-state index contributed by atoms with van der Waals surface area (Å²) in [6.07, 6.45) is 1.74. The van der Waals surface area contributed by atoms with Crippen LogP contribution in [0.5, 0.6) is 0 Å². The first-order valence-corrected chi connectivity index (χ1v) is 6.09. The molecular weight excluding hydrogens is 220 g/mol. The Bertz CT molecular complexity index is 349. The molecule has 0 aromatic heterocycles. The van der Waals surface area contributed by atoms with Crippen molar-refractivity contribution >= 4 is 17.5 Å². The highest BCUT2D eigenvalue weighted by atomic mass is 16.2. The molecule has 2 heterocycles. The molecule has 1 saturated heterocycles. The summed E-state index contributed by atoms with van der Waals surface area (Å²) in [5.41, 5.74) is 2.85. The van der Waals surface area contributed by atoms with Gasteiger partial charge in [0.25, 0.3) is 5.91 Å². The Morgan fingerprint density at radius 3 is 2.71 bits per heavy atom. The fourth-order valence-corrected chi connectivity index (χ4v) is 1.98. The van der Waals surface area contributed by atoms with E-state index in [9.17, 15) is 9.59 Å². The highest BCUT2D eigenvalue weighted by molar-refractivity contribution is 6.39. The Morgan fingerprint density at radius 2 is 2.24 bits per heavy atom. The second-order valence-electron chi connectivity index (χ2n) is 4.40. The van der Waals surface area contributed by atoms with Gasteiger partial charge in [0.15, 0.2) is 0 Å². The highest BCUT2D eigenvalue weighted by Gasteiger charge is 2.31. The van der Waals surface area contributed by atoms with Gasteiger partial charge in [-0.25, -0.2) is 5.43 Å². The maximum absolute atomic E-state index is 12.2. The van der Waals surface area contributed by atoms with Crippen LogP contribution in [0.15, 0.2) is 5.10 Å². The molecule has 17 heavy (non-hydrogen) atoms. The van der Waals surface area contributed by atoms with Crippen molar-refractivity contribution in [3.63, 3.8) is 0 Å². The van der Waals surface area contributed by atoms with E-state index in [1.165, 1.54) is 0 Å². The molecule has 0 aromatic rings. The first kappa shape index (κ1) is 12.0. The number of nitrogens with one attached hydrogen (secondary N) is 2. The van der Waals surface area contributed by atoms with E-state index in [1.807, 2.05) is 4.90 Å². The third kappa shape index (κ3) is 2.63. The van der Waals surface area contributed by atoms with E-state index in [1.54, 1.807) is 0 Å². The molecule has 0 spiro atoms. The number of hydrogen-bond donors (Lipinski definition) is 2. The predicted octanol–water partition coefficient (Wildman–Crippen LogP) is -0.537. The van der Waals surface area contributed by atoms with Crippen LogP contribution < -0.4 is 10.7 Å². The minimum Gasteiger partial charge on any atom is -0.332 e. The molecule has 2 amide bonds. The van der Waals surface area contributed by atoms with E-state index in [2.05, 4.69) is 22.8 Å². The molecule has 2 aliphatic rings. The van der Waals surface area contributed by atoms with Crippen LogP contribution in [-0.4, -0.2) is 48.1 Å². The third-order valence-electron chi connectivity index (χ3n) is 3.08. The molecule has 94 valence electrons. The number of amides is 2. The van der Waals surface area contributed by atoms with Crippen LogP contribution in [0.3, 0.4) is 0 Å². The lowest BCUT2D eigenvalue weighted by atomic mass is 10.1. The SMILES string of the molecule is CCCN(C(=O)C1=NNC(=O)CC1)C1CNC1. The molecule has 0 aliphatic carbocycles. The van der Waals surface area contributed by atoms with Crippen molar-refractivity contribution in [2.75, 3.05) is 19.6 Å². The van der Waals surface area contributed by atoms with Gasteiger partial charge in [0.1, 0.15) is 5.71 Å². The van der Waals surface area contributed by atoms with Gasteiger partial charge in [-0.3, -0.25) is 9.59 Å². The topological polar surface area (TPSA) is 73.8 Å². The molecule has 2 N–H and O–H groups in total. The number of hydrazone groups is 1. The van der Waals surface area contributed by atoms with Gasteiger partial charge in [-0.1, -0.05) is 6.92 Å². The lowest BCUT2D eigenvalue weighted by molar-refractivity contribution is -0.127. The summed E-state index contributed by atoms with van der Waals surface area (Å²) < 4.78 is 0. The van der Waals surface area contributed by atoms with Crippen LogP contribution in [-0.2, 0) is 9.59 Å². The van der Waals surface area contributed by atoms with Gasteiger partial charge in [0.2, 0.25) is 5.91 Å². The van der Waals surface area contributed by atoms with Crippen molar-refractivity contribution in [1.29, 1.82) is 0 Å². The van der Waals surface area contributed by atoms with E-state index in [4.69, 9.17) is 0 Å². The van der Waals surface area contributed by atoms with Gasteiger partial charge >= 0.3 is 0 Å². The summed E-state index contributed by atoms with van der Waals surface area (Å²) in [6, 6.07) is 0.280. The molecule has 1 fully saturated rings. The predicted molar refractivity (Wildman–Crippen MR) is 63.5 cm³/mol. The summed E-state index contributed by atoms with van der Waals surface area (Å²) in [4.78, 5) is 25.1. The molecule has 0 bridgehead atoms. The summed E-state index contributed by atoms with van der Waals surface area (Å²) in [5.74, 6) is -0.146. The third-order valence-corrected chi connectivity index (χ3v) is 3.08. The van der Waals surface area contributed by atoms with Crippen LogP contribution in [0, 0.1) is 0 Å². The fraction of sp³-hybridized carbons (Fsp3) is 0.727. The van der Waals surface area contributed by atoms with Gasteiger partial charge < -0.3 is 10.2 Å². The molecule has 0 radical (unpaired) electrons. The largest absolute Gasteiger partial charge is 0.332 e. The van der Waals surface area contributed by atoms with Gasteiger partial charge in [0.05, 0.1) is 6.04 Å². The zero-order valence-corrected chi connectivity index (χ0v) is 10.0. The number of rotatable bonds is 4. The van der Waals surface area contributed by atoms with Crippen molar-refractivity contribution in [3.05, 3.63) is 0 Å². The molecule has 0 unspecified atom stereocenters. The zero-order chi connectivity index (χ0) is 12.3. The van der Waals surface area contributed by atoms with E-state index in [-0.39, 0.29) is 17.9 Å². The van der Waals surface area contributed by atoms with E-state index >= 15 is 0 Å². The Morgan fingerprint density at radius 1 is 1.47 bits per heavy atom. The molecule has 0 atom stereocenters. The van der Waals surface area contributed by atoms with Crippen LogP contribution in [0.25, 0.3) is 0 Å². The standard InChI is InChI=1S/C11H18N4O2/c1-2-5-15(8-6-12-7-8)11(17)9-3-4-10(16)14-13-9/h8,12H,2-7H2,1H3,(H,14,16).